The summed E-state index contributed by atoms with van der Waals surface area (Å²) >= 11 is 0. The lowest BCUT2D eigenvalue weighted by Gasteiger charge is -2.08. The number of benzene rings is 2. The molecule has 0 fully saturated rings. The number of hydrogen-bond donors (Lipinski definition) is 2. The summed E-state index contributed by atoms with van der Waals surface area (Å²) in [6.07, 6.45) is 0. The summed E-state index contributed by atoms with van der Waals surface area (Å²) in [6.45, 7) is 0. The van der Waals surface area contributed by atoms with Crippen LogP contribution in [0.25, 0.3) is 11.4 Å². The zero-order valence-electron chi connectivity index (χ0n) is 11.3. The van der Waals surface area contributed by atoms with Crippen molar-refractivity contribution < 1.29 is 9.85 Å². The average molecular weight is 300 g/mol. The molecule has 0 aliphatic heterocycles. The lowest BCUT2D eigenvalue weighted by molar-refractivity contribution is -0.385. The summed E-state index contributed by atoms with van der Waals surface area (Å²) < 4.78 is 0. The summed E-state index contributed by atoms with van der Waals surface area (Å²) in [5.41, 5.74) is 13.0. The van der Waals surface area contributed by atoms with Gasteiger partial charge in [0.15, 0.2) is 0 Å². The van der Waals surface area contributed by atoms with Gasteiger partial charge in [-0.3, -0.25) is 20.2 Å². The molecule has 112 valence electrons. The first-order chi connectivity index (χ1) is 10.4. The third-order valence-corrected chi connectivity index (χ3v) is 3.05. The van der Waals surface area contributed by atoms with Crippen molar-refractivity contribution in [3.8, 4) is 0 Å². The third-order valence-electron chi connectivity index (χ3n) is 3.05. The van der Waals surface area contributed by atoms with Gasteiger partial charge in [-0.1, -0.05) is 12.1 Å². The fourth-order valence-electron chi connectivity index (χ4n) is 1.86. The molecule has 0 saturated heterocycles. The van der Waals surface area contributed by atoms with E-state index >= 15 is 0 Å². The van der Waals surface area contributed by atoms with Crippen LogP contribution in [0.5, 0.6) is 0 Å². The fraction of sp³-hybridized carbons (Fsp3) is 0. The smallest absolute Gasteiger partial charge is 0.270 e. The minimum absolute atomic E-state index is 0.0644. The minimum Gasteiger partial charge on any atom is -0.397 e. The van der Waals surface area contributed by atoms with Gasteiger partial charge in [0.05, 0.1) is 21.2 Å². The second-order valence-corrected chi connectivity index (χ2v) is 4.44. The molecule has 0 amide bonds. The Morgan fingerprint density at radius 2 is 1.32 bits per heavy atom. The van der Waals surface area contributed by atoms with Crippen LogP contribution < -0.4 is 11.5 Å². The van der Waals surface area contributed by atoms with E-state index in [2.05, 4.69) is 0 Å². The molecule has 0 heterocycles. The van der Waals surface area contributed by atoms with E-state index in [1.807, 2.05) is 0 Å². The molecule has 0 radical (unpaired) electrons. The number of nitrogens with zero attached hydrogens (tertiary/aromatic N) is 2. The Balaban J connectivity index is 2.42. The van der Waals surface area contributed by atoms with Crippen LogP contribution in [0.4, 0.5) is 11.4 Å². The van der Waals surface area contributed by atoms with Crippen LogP contribution in [-0.4, -0.2) is 9.85 Å². The predicted molar refractivity (Wildman–Crippen MR) is 81.4 cm³/mol. The molecule has 0 atom stereocenters. The molecule has 0 saturated carbocycles. The molecule has 0 spiro atoms. The molecule has 2 aromatic carbocycles. The van der Waals surface area contributed by atoms with E-state index < -0.39 is 9.85 Å². The topological polar surface area (TPSA) is 138 Å². The summed E-state index contributed by atoms with van der Waals surface area (Å²) in [6, 6.07) is 11.3. The second-order valence-electron chi connectivity index (χ2n) is 4.44. The zero-order valence-corrected chi connectivity index (χ0v) is 11.3. The summed E-state index contributed by atoms with van der Waals surface area (Å²) in [5, 5.41) is 21.4. The lowest BCUT2D eigenvalue weighted by Crippen LogP contribution is -2.08. The number of hydrogen-bond acceptors (Lipinski definition) is 6. The van der Waals surface area contributed by atoms with Crippen LogP contribution in [0, 0.1) is 20.2 Å². The van der Waals surface area contributed by atoms with Gasteiger partial charge in [-0.2, -0.15) is 0 Å². The van der Waals surface area contributed by atoms with Gasteiger partial charge in [-0.05, 0) is 12.1 Å². The molecule has 0 bridgehead atoms. The molecule has 0 aliphatic rings. The van der Waals surface area contributed by atoms with Gasteiger partial charge in [0.25, 0.3) is 11.4 Å². The van der Waals surface area contributed by atoms with Crippen LogP contribution in [0.1, 0.15) is 11.1 Å². The van der Waals surface area contributed by atoms with Gasteiger partial charge in [0.2, 0.25) is 0 Å². The standard InChI is InChI=1S/C14H12N4O4/c15-13(9-4-6-11(7-5-9)17(19)20)14(16)10-2-1-3-12(8-10)18(21)22/h1-8H,15-16H2/b14-13+. The van der Waals surface area contributed by atoms with E-state index in [1.165, 1.54) is 42.5 Å². The van der Waals surface area contributed by atoms with Crippen molar-refractivity contribution in [3.05, 3.63) is 79.9 Å². The van der Waals surface area contributed by atoms with E-state index in [0.29, 0.717) is 11.1 Å². The number of nitrogens with two attached hydrogens (primary N) is 2. The maximum Gasteiger partial charge on any atom is 0.270 e. The molecule has 0 aromatic heterocycles. The monoisotopic (exact) mass is 300 g/mol. The van der Waals surface area contributed by atoms with Gasteiger partial charge in [0.1, 0.15) is 0 Å². The Morgan fingerprint density at radius 3 is 1.86 bits per heavy atom. The Kier molecular flexibility index (Phi) is 4.03. The highest BCUT2D eigenvalue weighted by Gasteiger charge is 2.11. The van der Waals surface area contributed by atoms with Crippen molar-refractivity contribution in [2.24, 2.45) is 11.5 Å². The largest absolute Gasteiger partial charge is 0.397 e. The predicted octanol–water partition coefficient (Wildman–Crippen LogP) is 2.25. The third kappa shape index (κ3) is 3.01. The van der Waals surface area contributed by atoms with Crippen molar-refractivity contribution in [2.45, 2.75) is 0 Å². The molecule has 8 nitrogen and oxygen atoms in total. The number of nitro groups is 2. The van der Waals surface area contributed by atoms with E-state index in [4.69, 9.17) is 11.5 Å². The van der Waals surface area contributed by atoms with Crippen LogP contribution in [0.2, 0.25) is 0 Å². The Hall–Kier alpha value is -3.42. The van der Waals surface area contributed by atoms with Crippen molar-refractivity contribution >= 4 is 22.8 Å². The van der Waals surface area contributed by atoms with Crippen LogP contribution >= 0.6 is 0 Å². The van der Waals surface area contributed by atoms with Gasteiger partial charge >= 0.3 is 0 Å². The molecular weight excluding hydrogens is 288 g/mol. The van der Waals surface area contributed by atoms with Crippen LogP contribution in [0.3, 0.4) is 0 Å². The summed E-state index contributed by atoms with van der Waals surface area (Å²) in [5.74, 6) is 0. The van der Waals surface area contributed by atoms with Crippen molar-refractivity contribution in [1.82, 2.24) is 0 Å². The maximum absolute atomic E-state index is 10.8. The van der Waals surface area contributed by atoms with Gasteiger partial charge in [-0.15, -0.1) is 0 Å². The van der Waals surface area contributed by atoms with Gasteiger partial charge in [-0.25, -0.2) is 0 Å². The molecule has 4 N–H and O–H groups in total. The number of non-ortho nitro benzene ring substituents is 2. The molecule has 22 heavy (non-hydrogen) atoms. The normalized spacial score (nSPS) is 11.6. The van der Waals surface area contributed by atoms with Crippen molar-refractivity contribution in [2.75, 3.05) is 0 Å². The van der Waals surface area contributed by atoms with E-state index in [9.17, 15) is 20.2 Å². The Bertz CT molecular complexity index is 769. The minimum atomic E-state index is -0.529. The summed E-state index contributed by atoms with van der Waals surface area (Å²) in [4.78, 5) is 20.3. The first-order valence-electron chi connectivity index (χ1n) is 6.15. The van der Waals surface area contributed by atoms with Gasteiger partial charge < -0.3 is 11.5 Å². The number of rotatable bonds is 4. The summed E-state index contributed by atoms with van der Waals surface area (Å²) in [7, 11) is 0. The molecule has 0 unspecified atom stereocenters. The Labute approximate surface area is 125 Å². The lowest BCUT2D eigenvalue weighted by atomic mass is 10.1. The molecule has 2 rings (SSSR count). The fourth-order valence-corrected chi connectivity index (χ4v) is 1.86. The van der Waals surface area contributed by atoms with E-state index in [0.717, 1.165) is 0 Å². The molecular formula is C14H12N4O4. The van der Waals surface area contributed by atoms with Crippen LogP contribution in [0.15, 0.2) is 48.5 Å². The highest BCUT2D eigenvalue weighted by atomic mass is 16.6. The zero-order chi connectivity index (χ0) is 16.3. The van der Waals surface area contributed by atoms with Crippen molar-refractivity contribution in [3.63, 3.8) is 0 Å². The number of nitro benzene ring substituents is 2. The quantitative estimate of drug-likeness (QED) is 0.504. The average Bonchev–Trinajstić information content (AvgIpc) is 2.53. The van der Waals surface area contributed by atoms with E-state index in [1.54, 1.807) is 6.07 Å². The Morgan fingerprint density at radius 1 is 0.773 bits per heavy atom. The van der Waals surface area contributed by atoms with E-state index in [-0.39, 0.29) is 22.8 Å². The second kappa shape index (κ2) is 5.92. The van der Waals surface area contributed by atoms with Gasteiger partial charge in [0, 0.05) is 35.4 Å². The highest BCUT2D eigenvalue weighted by Crippen LogP contribution is 2.23. The maximum atomic E-state index is 10.8. The first-order valence-corrected chi connectivity index (χ1v) is 6.15. The SMILES string of the molecule is N/C(=C(/N)c1cccc([N+](=O)[O-])c1)c1ccc([N+](=O)[O-])cc1. The molecule has 2 aromatic rings. The van der Waals surface area contributed by atoms with Crippen molar-refractivity contribution in [1.29, 1.82) is 0 Å². The van der Waals surface area contributed by atoms with Crippen LogP contribution in [-0.2, 0) is 0 Å². The molecule has 0 aliphatic carbocycles. The highest BCUT2D eigenvalue weighted by molar-refractivity contribution is 5.88. The molecule has 8 heteroatoms. The first kappa shape index (κ1) is 15.0.